The predicted octanol–water partition coefficient (Wildman–Crippen LogP) is 3.81. The van der Waals surface area contributed by atoms with E-state index in [2.05, 4.69) is 15.6 Å². The predicted molar refractivity (Wildman–Crippen MR) is 88.4 cm³/mol. The summed E-state index contributed by atoms with van der Waals surface area (Å²) >= 11 is 12.6. The van der Waals surface area contributed by atoms with Crippen LogP contribution in [0.1, 0.15) is 20.3 Å². The summed E-state index contributed by atoms with van der Waals surface area (Å²) in [6, 6.07) is 5.59. The lowest BCUT2D eigenvalue weighted by atomic mass is 10.1. The smallest absolute Gasteiger partial charge is 0.226 e. The first-order chi connectivity index (χ1) is 9.45. The van der Waals surface area contributed by atoms with Gasteiger partial charge in [0.2, 0.25) is 5.91 Å². The number of fused-ring (bicyclic) bond motifs is 1. The zero-order chi connectivity index (χ0) is 14.7. The van der Waals surface area contributed by atoms with E-state index in [4.69, 9.17) is 23.8 Å². The minimum Gasteiger partial charge on any atom is -0.308 e. The van der Waals surface area contributed by atoms with Gasteiger partial charge in [-0.2, -0.15) is 0 Å². The van der Waals surface area contributed by atoms with Gasteiger partial charge in [-0.3, -0.25) is 4.79 Å². The fourth-order valence-electron chi connectivity index (χ4n) is 1.65. The summed E-state index contributed by atoms with van der Waals surface area (Å²) < 4.78 is 0.969. The number of carbonyl (C=O) groups is 1. The van der Waals surface area contributed by atoms with E-state index in [9.17, 15) is 4.79 Å². The van der Waals surface area contributed by atoms with E-state index in [1.54, 1.807) is 6.07 Å². The molecule has 0 fully saturated rings. The van der Waals surface area contributed by atoms with Crippen molar-refractivity contribution in [3.05, 3.63) is 23.2 Å². The van der Waals surface area contributed by atoms with Crippen LogP contribution in [0.2, 0.25) is 5.02 Å². The zero-order valence-corrected chi connectivity index (χ0v) is 13.5. The SMILES string of the molecule is CC(C)CC(=O)NC(=S)Nc1nc2c(Cl)cccc2s1. The quantitative estimate of drug-likeness (QED) is 0.842. The van der Waals surface area contributed by atoms with Gasteiger partial charge in [0.25, 0.3) is 0 Å². The highest BCUT2D eigenvalue weighted by Crippen LogP contribution is 2.30. The number of thiocarbonyl (C=S) groups is 1. The Morgan fingerprint density at radius 1 is 1.50 bits per heavy atom. The van der Waals surface area contributed by atoms with Crippen molar-refractivity contribution in [3.63, 3.8) is 0 Å². The monoisotopic (exact) mass is 327 g/mol. The van der Waals surface area contributed by atoms with Crippen LogP contribution < -0.4 is 10.6 Å². The number of hydrogen-bond donors (Lipinski definition) is 2. The average molecular weight is 328 g/mol. The van der Waals surface area contributed by atoms with E-state index >= 15 is 0 Å². The molecule has 1 aromatic heterocycles. The highest BCUT2D eigenvalue weighted by atomic mass is 35.5. The second kappa shape index (κ2) is 6.47. The first kappa shape index (κ1) is 15.2. The highest BCUT2D eigenvalue weighted by Gasteiger charge is 2.10. The number of aromatic nitrogens is 1. The molecule has 0 saturated carbocycles. The van der Waals surface area contributed by atoms with Gasteiger partial charge in [-0.15, -0.1) is 0 Å². The summed E-state index contributed by atoms with van der Waals surface area (Å²) in [5, 5.41) is 7.01. The summed E-state index contributed by atoms with van der Waals surface area (Å²) in [5.41, 5.74) is 0.734. The molecule has 4 nitrogen and oxygen atoms in total. The lowest BCUT2D eigenvalue weighted by Crippen LogP contribution is -2.34. The molecule has 0 bridgehead atoms. The minimum atomic E-state index is -0.100. The summed E-state index contributed by atoms with van der Waals surface area (Å²) in [5.74, 6) is 0.190. The van der Waals surface area contributed by atoms with Crippen molar-refractivity contribution in [2.75, 3.05) is 5.32 Å². The number of carbonyl (C=O) groups excluding carboxylic acids is 1. The molecular formula is C13H14ClN3OS2. The largest absolute Gasteiger partial charge is 0.308 e. The van der Waals surface area contributed by atoms with Crippen LogP contribution >= 0.6 is 35.2 Å². The number of hydrogen-bond acceptors (Lipinski definition) is 4. The van der Waals surface area contributed by atoms with E-state index in [0.717, 1.165) is 10.2 Å². The van der Waals surface area contributed by atoms with Crippen LogP contribution in [0.5, 0.6) is 0 Å². The summed E-state index contributed by atoms with van der Waals surface area (Å²) in [6.45, 7) is 3.96. The number of para-hydroxylation sites is 1. The Morgan fingerprint density at radius 3 is 2.90 bits per heavy atom. The zero-order valence-electron chi connectivity index (χ0n) is 11.1. The van der Waals surface area contributed by atoms with Crippen LogP contribution in [0.15, 0.2) is 18.2 Å². The summed E-state index contributed by atoms with van der Waals surface area (Å²) in [4.78, 5) is 16.0. The molecule has 0 radical (unpaired) electrons. The Kier molecular flexibility index (Phi) is 4.91. The molecule has 7 heteroatoms. The average Bonchev–Trinajstić information content (AvgIpc) is 2.71. The van der Waals surface area contributed by atoms with Gasteiger partial charge in [0.1, 0.15) is 5.52 Å². The van der Waals surface area contributed by atoms with E-state index in [-0.39, 0.29) is 11.0 Å². The third kappa shape index (κ3) is 3.88. The van der Waals surface area contributed by atoms with E-state index in [1.165, 1.54) is 11.3 Å². The van der Waals surface area contributed by atoms with Gasteiger partial charge in [-0.1, -0.05) is 42.9 Å². The van der Waals surface area contributed by atoms with Crippen molar-refractivity contribution in [1.82, 2.24) is 10.3 Å². The second-order valence-corrected chi connectivity index (χ2v) is 6.55. The van der Waals surface area contributed by atoms with Crippen molar-refractivity contribution in [1.29, 1.82) is 0 Å². The van der Waals surface area contributed by atoms with Crippen molar-refractivity contribution < 1.29 is 4.79 Å². The molecule has 20 heavy (non-hydrogen) atoms. The molecule has 106 valence electrons. The van der Waals surface area contributed by atoms with Crippen molar-refractivity contribution in [3.8, 4) is 0 Å². The molecule has 0 aliphatic rings. The molecule has 1 amide bonds. The first-order valence-electron chi connectivity index (χ1n) is 6.11. The van der Waals surface area contributed by atoms with Crippen LogP contribution in [0.3, 0.4) is 0 Å². The molecule has 1 aromatic carbocycles. The Hall–Kier alpha value is -1.24. The van der Waals surface area contributed by atoms with Crippen LogP contribution in [0, 0.1) is 5.92 Å². The fraction of sp³-hybridized carbons (Fsp3) is 0.308. The van der Waals surface area contributed by atoms with E-state index < -0.39 is 0 Å². The minimum absolute atomic E-state index is 0.100. The summed E-state index contributed by atoms with van der Waals surface area (Å²) in [7, 11) is 0. The third-order valence-electron chi connectivity index (χ3n) is 2.44. The molecule has 0 saturated heterocycles. The number of thiazole rings is 1. The molecule has 0 atom stereocenters. The number of anilines is 1. The topological polar surface area (TPSA) is 54.0 Å². The molecule has 2 N–H and O–H groups in total. The Morgan fingerprint density at radius 2 is 2.25 bits per heavy atom. The molecule has 2 rings (SSSR count). The van der Waals surface area contributed by atoms with Gasteiger partial charge in [0.05, 0.1) is 9.72 Å². The fourth-order valence-corrected chi connectivity index (χ4v) is 3.09. The Balaban J connectivity index is 2.03. The van der Waals surface area contributed by atoms with Gasteiger partial charge < -0.3 is 10.6 Å². The number of nitrogens with zero attached hydrogens (tertiary/aromatic N) is 1. The van der Waals surface area contributed by atoms with Gasteiger partial charge >= 0.3 is 0 Å². The van der Waals surface area contributed by atoms with Gasteiger partial charge in [0.15, 0.2) is 10.2 Å². The standard InChI is InChI=1S/C13H14ClN3OS2/c1-7(2)6-10(18)15-12(19)17-13-16-11-8(14)4-3-5-9(11)20-13/h3-5,7H,6H2,1-2H3,(H2,15,16,17,18,19). The maximum absolute atomic E-state index is 11.6. The Labute approximate surface area is 131 Å². The van der Waals surface area contributed by atoms with E-state index in [1.807, 2.05) is 26.0 Å². The molecule has 1 heterocycles. The lowest BCUT2D eigenvalue weighted by molar-refractivity contribution is -0.120. The first-order valence-corrected chi connectivity index (χ1v) is 7.72. The van der Waals surface area contributed by atoms with Crippen LogP contribution in [0.25, 0.3) is 10.2 Å². The molecule has 0 aliphatic carbocycles. The van der Waals surface area contributed by atoms with E-state index in [0.29, 0.717) is 22.5 Å². The molecule has 2 aromatic rings. The molecule has 0 unspecified atom stereocenters. The van der Waals surface area contributed by atoms with Crippen molar-refractivity contribution in [2.45, 2.75) is 20.3 Å². The normalized spacial score (nSPS) is 10.8. The van der Waals surface area contributed by atoms with Gasteiger partial charge in [-0.05, 0) is 30.3 Å². The molecular weight excluding hydrogens is 314 g/mol. The number of halogens is 1. The van der Waals surface area contributed by atoms with Crippen LogP contribution in [-0.4, -0.2) is 16.0 Å². The number of nitrogens with one attached hydrogen (secondary N) is 2. The highest BCUT2D eigenvalue weighted by molar-refractivity contribution is 7.80. The van der Waals surface area contributed by atoms with Crippen LogP contribution in [-0.2, 0) is 4.79 Å². The van der Waals surface area contributed by atoms with Gasteiger partial charge in [0, 0.05) is 6.42 Å². The summed E-state index contributed by atoms with van der Waals surface area (Å²) in [6.07, 6.45) is 0.438. The molecule has 0 aliphatic heterocycles. The second-order valence-electron chi connectivity index (χ2n) is 4.71. The number of benzene rings is 1. The number of amides is 1. The molecule has 0 spiro atoms. The van der Waals surface area contributed by atoms with Gasteiger partial charge in [-0.25, -0.2) is 4.98 Å². The van der Waals surface area contributed by atoms with Crippen LogP contribution in [0.4, 0.5) is 5.13 Å². The van der Waals surface area contributed by atoms with Crippen molar-refractivity contribution in [2.24, 2.45) is 5.92 Å². The lowest BCUT2D eigenvalue weighted by Gasteiger charge is -2.08. The third-order valence-corrected chi connectivity index (χ3v) is 3.88. The maximum atomic E-state index is 11.6. The Bertz CT molecular complexity index is 654. The maximum Gasteiger partial charge on any atom is 0.226 e. The number of rotatable bonds is 3. The van der Waals surface area contributed by atoms with Crippen molar-refractivity contribution >= 4 is 61.5 Å².